The number of methoxy groups -OCH3 is 2. The van der Waals surface area contributed by atoms with Crippen LogP contribution in [0.5, 0.6) is 5.75 Å². The first-order valence-corrected chi connectivity index (χ1v) is 20.5. The Morgan fingerprint density at radius 3 is 2.75 bits per heavy atom. The Kier molecular flexibility index (Phi) is 10.7. The van der Waals surface area contributed by atoms with Gasteiger partial charge < -0.3 is 19.1 Å². The largest absolute Gasteiger partial charge is 0.490 e. The summed E-state index contributed by atoms with van der Waals surface area (Å²) >= 11 is 6.47. The summed E-state index contributed by atoms with van der Waals surface area (Å²) in [5, 5.41) is 5.07. The Labute approximate surface area is 312 Å². The van der Waals surface area contributed by atoms with Gasteiger partial charge in [0, 0.05) is 56.6 Å². The minimum absolute atomic E-state index is 0.0280. The number of amides is 2. The van der Waals surface area contributed by atoms with E-state index in [2.05, 4.69) is 31.2 Å². The molecule has 13 heteroatoms. The van der Waals surface area contributed by atoms with E-state index in [1.165, 1.54) is 22.9 Å². The minimum atomic E-state index is -3.55. The summed E-state index contributed by atoms with van der Waals surface area (Å²) in [4.78, 5) is 30.1. The predicted octanol–water partition coefficient (Wildman–Crippen LogP) is 6.51. The van der Waals surface area contributed by atoms with Crippen molar-refractivity contribution in [1.29, 1.82) is 0 Å². The van der Waals surface area contributed by atoms with Gasteiger partial charge in [0.15, 0.2) is 0 Å². The highest BCUT2D eigenvalue weighted by atomic mass is 35.5. The van der Waals surface area contributed by atoms with E-state index in [-0.39, 0.29) is 35.4 Å². The van der Waals surface area contributed by atoms with Gasteiger partial charge in [-0.1, -0.05) is 31.0 Å². The van der Waals surface area contributed by atoms with Crippen molar-refractivity contribution in [2.75, 3.05) is 44.6 Å². The van der Waals surface area contributed by atoms with Crippen LogP contribution in [0.1, 0.15) is 89.4 Å². The van der Waals surface area contributed by atoms with Crippen molar-refractivity contribution in [2.24, 2.45) is 29.2 Å². The molecule has 1 fully saturated rings. The van der Waals surface area contributed by atoms with Gasteiger partial charge in [0.05, 0.1) is 36.3 Å². The summed E-state index contributed by atoms with van der Waals surface area (Å²) in [5.41, 5.74) is 4.05. The van der Waals surface area contributed by atoms with E-state index in [1.807, 2.05) is 32.2 Å². The summed E-state index contributed by atoms with van der Waals surface area (Å²) in [6.45, 7) is 4.14. The molecule has 6 atom stereocenters. The summed E-state index contributed by atoms with van der Waals surface area (Å²) in [5.74, 6) is 0.241. The number of rotatable bonds is 5. The van der Waals surface area contributed by atoms with Crippen LogP contribution in [0.25, 0.3) is 0 Å². The van der Waals surface area contributed by atoms with Crippen LogP contribution in [0, 0.1) is 17.8 Å². The Balaban J connectivity index is 1.29. The molecular weight excluding hydrogens is 702 g/mol. The molecule has 2 aromatic carbocycles. The number of carbonyl (C=O) groups excluding carboxylic acids is 2. The van der Waals surface area contributed by atoms with Crippen molar-refractivity contribution in [3.8, 4) is 5.75 Å². The standard InChI is InChI=1S/C39H50ClN5O6S/c1-25-7-5-9-35(50-4)30-13-10-28(30)19-45-23-39(16-6-8-26-17-29(40)12-14-32(26)39)24-51-36-15-11-27(18-34(36)45)37(46)42-52(48,22-25)43-38(47)31-20-44(2)41-33(31)21-49-3/h11-12,14-15,17-18,20,25,28,30,35H,5-10,13,16,19,21-24H2,1-4H3,(H,42,43,46,47,48)/t25-,28-,30+,35-,39-,52?/m0/s1. The lowest BCUT2D eigenvalue weighted by Crippen LogP contribution is -2.49. The Hall–Kier alpha value is -3.45. The molecule has 7 rings (SSSR count). The van der Waals surface area contributed by atoms with Crippen molar-refractivity contribution in [2.45, 2.75) is 76.4 Å². The lowest BCUT2D eigenvalue weighted by Gasteiger charge is -2.46. The normalized spacial score (nSPS) is 29.2. The maximum absolute atomic E-state index is 14.7. The number of carbonyl (C=O) groups is 2. The smallest absolute Gasteiger partial charge is 0.286 e. The van der Waals surface area contributed by atoms with E-state index in [0.29, 0.717) is 35.4 Å². The summed E-state index contributed by atoms with van der Waals surface area (Å²) < 4.78 is 41.2. The van der Waals surface area contributed by atoms with Crippen LogP contribution in [-0.2, 0) is 44.9 Å². The molecule has 1 unspecified atom stereocenters. The number of hydrogen-bond donors (Lipinski definition) is 1. The number of hydrogen-bond acceptors (Lipinski definition) is 8. The van der Waals surface area contributed by atoms with E-state index >= 15 is 0 Å². The molecule has 2 aliphatic carbocycles. The Bertz CT molecular complexity index is 1960. The van der Waals surface area contributed by atoms with Gasteiger partial charge in [-0.2, -0.15) is 5.10 Å². The Morgan fingerprint density at radius 1 is 1.13 bits per heavy atom. The second-order valence-electron chi connectivity index (χ2n) is 15.3. The van der Waals surface area contributed by atoms with Gasteiger partial charge in [-0.25, -0.2) is 4.21 Å². The van der Waals surface area contributed by atoms with Crippen molar-refractivity contribution in [1.82, 2.24) is 14.5 Å². The number of aromatic nitrogens is 2. The molecule has 52 heavy (non-hydrogen) atoms. The first kappa shape index (κ1) is 36.9. The van der Waals surface area contributed by atoms with Gasteiger partial charge in [-0.05, 0) is 104 Å². The summed E-state index contributed by atoms with van der Waals surface area (Å²) in [6, 6.07) is 11.6. The third-order valence-corrected chi connectivity index (χ3v) is 13.8. The molecule has 1 spiro atoms. The lowest BCUT2D eigenvalue weighted by atomic mass is 9.68. The number of fused-ring (bicyclic) bond motifs is 4. The lowest BCUT2D eigenvalue weighted by molar-refractivity contribution is -0.0223. The van der Waals surface area contributed by atoms with E-state index in [4.69, 9.17) is 25.8 Å². The average molecular weight is 752 g/mol. The maximum Gasteiger partial charge on any atom is 0.286 e. The maximum atomic E-state index is 14.7. The second kappa shape index (κ2) is 15.1. The van der Waals surface area contributed by atoms with E-state index < -0.39 is 21.7 Å². The van der Waals surface area contributed by atoms with Crippen LogP contribution in [0.3, 0.4) is 0 Å². The third kappa shape index (κ3) is 7.49. The van der Waals surface area contributed by atoms with Crippen molar-refractivity contribution < 1.29 is 28.0 Å². The molecule has 2 bridgehead atoms. The molecule has 1 saturated carbocycles. The molecule has 1 aromatic heterocycles. The van der Waals surface area contributed by atoms with Gasteiger partial charge in [-0.3, -0.25) is 19.0 Å². The minimum Gasteiger partial charge on any atom is -0.490 e. The average Bonchev–Trinajstić information content (AvgIpc) is 3.39. The predicted molar refractivity (Wildman–Crippen MR) is 201 cm³/mol. The zero-order valence-corrected chi connectivity index (χ0v) is 32.1. The number of benzene rings is 2. The molecule has 4 aliphatic rings. The SMILES string of the molecule is COCc1nn(C)cc1C(=O)NS1(=O)=NC(=O)c2ccc3c(c2)N(C[C@@H]2CC[C@H]2[C@@H](OC)CCC[C@H](C)C1)C[C@@]1(CCCc2cc(Cl)ccc21)CO3. The molecule has 2 aliphatic heterocycles. The monoisotopic (exact) mass is 751 g/mol. The quantitative estimate of drug-likeness (QED) is 0.313. The number of anilines is 1. The molecule has 3 aromatic rings. The molecule has 1 N–H and O–H groups in total. The molecule has 2 amide bonds. The van der Waals surface area contributed by atoms with E-state index in [9.17, 15) is 13.8 Å². The topological polar surface area (TPSA) is 124 Å². The van der Waals surface area contributed by atoms with Gasteiger partial charge in [0.1, 0.15) is 21.4 Å². The van der Waals surface area contributed by atoms with Crippen LogP contribution < -0.4 is 14.4 Å². The first-order chi connectivity index (χ1) is 25.0. The van der Waals surface area contributed by atoms with Crippen LogP contribution in [0.4, 0.5) is 5.69 Å². The van der Waals surface area contributed by atoms with Crippen LogP contribution >= 0.6 is 11.6 Å². The zero-order valence-electron chi connectivity index (χ0n) is 30.6. The number of nitrogens with zero attached hydrogens (tertiary/aromatic N) is 4. The number of aryl methyl sites for hydroxylation is 2. The summed E-state index contributed by atoms with van der Waals surface area (Å²) in [7, 11) is 1.48. The van der Waals surface area contributed by atoms with E-state index in [0.717, 1.165) is 75.2 Å². The second-order valence-corrected chi connectivity index (χ2v) is 17.8. The van der Waals surface area contributed by atoms with Crippen LogP contribution in [0.15, 0.2) is 47.0 Å². The van der Waals surface area contributed by atoms with Crippen LogP contribution in [-0.4, -0.2) is 71.6 Å². The van der Waals surface area contributed by atoms with Crippen molar-refractivity contribution in [3.05, 3.63) is 75.6 Å². The van der Waals surface area contributed by atoms with Gasteiger partial charge >= 0.3 is 0 Å². The molecular formula is C39H50ClN5O6S. The molecule has 0 radical (unpaired) electrons. The fourth-order valence-electron chi connectivity index (χ4n) is 8.94. The zero-order chi connectivity index (χ0) is 36.6. The molecule has 0 saturated heterocycles. The van der Waals surface area contributed by atoms with Gasteiger partial charge in [0.2, 0.25) is 0 Å². The number of halogens is 1. The molecule has 11 nitrogen and oxygen atoms in total. The number of nitrogens with one attached hydrogen (secondary N) is 1. The fourth-order valence-corrected chi connectivity index (χ4v) is 11.0. The van der Waals surface area contributed by atoms with Crippen LogP contribution in [0.2, 0.25) is 5.02 Å². The van der Waals surface area contributed by atoms with Gasteiger partial charge in [-0.15, -0.1) is 4.36 Å². The highest BCUT2D eigenvalue weighted by Gasteiger charge is 2.44. The molecule has 3 heterocycles. The fraction of sp³-hybridized carbons (Fsp3) is 0.564. The highest BCUT2D eigenvalue weighted by molar-refractivity contribution is 7.92. The first-order valence-electron chi connectivity index (χ1n) is 18.5. The number of ether oxygens (including phenoxy) is 3. The third-order valence-electron chi connectivity index (χ3n) is 11.6. The van der Waals surface area contributed by atoms with E-state index in [1.54, 1.807) is 19.3 Å². The Morgan fingerprint density at radius 2 is 1.98 bits per heavy atom. The summed E-state index contributed by atoms with van der Waals surface area (Å²) in [6.07, 6.45) is 9.38. The van der Waals surface area contributed by atoms with Crippen molar-refractivity contribution >= 4 is 39.0 Å². The van der Waals surface area contributed by atoms with Crippen molar-refractivity contribution in [3.63, 3.8) is 0 Å². The van der Waals surface area contributed by atoms with Gasteiger partial charge in [0.25, 0.3) is 11.8 Å². The molecule has 280 valence electrons. The highest BCUT2D eigenvalue weighted by Crippen LogP contribution is 2.47.